The minimum absolute atomic E-state index is 0.318. The van der Waals surface area contributed by atoms with Gasteiger partial charge >= 0.3 is 12.0 Å². The molecule has 0 aliphatic heterocycles. The average molecular weight is 257 g/mol. The van der Waals surface area contributed by atoms with Gasteiger partial charge in [0.2, 0.25) is 0 Å². The Hall–Kier alpha value is -1.75. The Morgan fingerprint density at radius 2 is 2.18 bits per heavy atom. The molecule has 0 heterocycles. The molecule has 3 N–H and O–H groups in total. The van der Waals surface area contributed by atoms with E-state index in [1.165, 1.54) is 0 Å². The van der Waals surface area contributed by atoms with E-state index in [2.05, 4.69) is 10.6 Å². The number of anilines is 1. The number of carbonyl (C=O) groups is 2. The molecule has 0 unspecified atom stereocenters. The molecule has 0 aliphatic carbocycles. The number of halogens is 1. The highest BCUT2D eigenvalue weighted by Gasteiger charge is 2.17. The Kier molecular flexibility index (Phi) is 4.78. The zero-order valence-electron chi connectivity index (χ0n) is 9.24. The normalized spacial score (nSPS) is 11.6. The van der Waals surface area contributed by atoms with Crippen LogP contribution in [-0.4, -0.2) is 23.1 Å². The molecule has 5 nitrogen and oxygen atoms in total. The lowest BCUT2D eigenvalue weighted by Gasteiger charge is -2.13. The quantitative estimate of drug-likeness (QED) is 0.774. The number of hydrogen-bond acceptors (Lipinski definition) is 2. The lowest BCUT2D eigenvalue weighted by Crippen LogP contribution is -2.42. The zero-order chi connectivity index (χ0) is 12.8. The molecule has 6 heteroatoms. The lowest BCUT2D eigenvalue weighted by atomic mass is 10.2. The minimum atomic E-state index is -1.06. The van der Waals surface area contributed by atoms with E-state index < -0.39 is 18.0 Å². The van der Waals surface area contributed by atoms with E-state index in [9.17, 15) is 9.59 Å². The maximum atomic E-state index is 11.5. The van der Waals surface area contributed by atoms with Crippen LogP contribution in [0.25, 0.3) is 0 Å². The third-order valence-corrected chi connectivity index (χ3v) is 2.33. The largest absolute Gasteiger partial charge is 0.480 e. The van der Waals surface area contributed by atoms with E-state index in [0.717, 1.165) is 0 Å². The number of amides is 2. The van der Waals surface area contributed by atoms with E-state index in [4.69, 9.17) is 16.7 Å². The second-order valence-electron chi connectivity index (χ2n) is 3.41. The molecule has 0 saturated carbocycles. The van der Waals surface area contributed by atoms with Gasteiger partial charge in [-0.2, -0.15) is 0 Å². The fourth-order valence-electron chi connectivity index (χ4n) is 1.23. The Bertz CT molecular complexity index is 423. The monoisotopic (exact) mass is 256 g/mol. The van der Waals surface area contributed by atoms with Crippen LogP contribution in [0.3, 0.4) is 0 Å². The number of hydrogen-bond donors (Lipinski definition) is 3. The van der Waals surface area contributed by atoms with E-state index >= 15 is 0 Å². The summed E-state index contributed by atoms with van der Waals surface area (Å²) >= 11 is 5.75. The summed E-state index contributed by atoms with van der Waals surface area (Å²) in [5.41, 5.74) is 0.509. The molecular formula is C11H13ClN2O3. The Morgan fingerprint density at radius 1 is 1.47 bits per heavy atom. The number of urea groups is 1. The maximum Gasteiger partial charge on any atom is 0.326 e. The first-order chi connectivity index (χ1) is 8.02. The van der Waals surface area contributed by atoms with Crippen molar-refractivity contribution in [3.8, 4) is 0 Å². The van der Waals surface area contributed by atoms with Gasteiger partial charge in [-0.3, -0.25) is 0 Å². The summed E-state index contributed by atoms with van der Waals surface area (Å²) in [6, 6.07) is 5.13. The fraction of sp³-hybridized carbons (Fsp3) is 0.273. The number of carboxylic acid groups (broad SMARTS) is 1. The van der Waals surface area contributed by atoms with Crippen molar-refractivity contribution in [2.24, 2.45) is 0 Å². The topological polar surface area (TPSA) is 78.4 Å². The van der Waals surface area contributed by atoms with E-state index in [0.29, 0.717) is 17.1 Å². The molecule has 92 valence electrons. The summed E-state index contributed by atoms with van der Waals surface area (Å²) in [4.78, 5) is 22.2. The van der Waals surface area contributed by atoms with Crippen molar-refractivity contribution in [2.75, 3.05) is 5.32 Å². The van der Waals surface area contributed by atoms with Gasteiger partial charge in [0, 0.05) is 10.7 Å². The molecule has 0 saturated heterocycles. The first-order valence-corrected chi connectivity index (χ1v) is 5.46. The molecule has 0 bridgehead atoms. The van der Waals surface area contributed by atoms with Crippen molar-refractivity contribution in [1.29, 1.82) is 0 Å². The first kappa shape index (κ1) is 13.3. The molecule has 0 fully saturated rings. The van der Waals surface area contributed by atoms with E-state index in [-0.39, 0.29) is 0 Å². The molecule has 1 aromatic rings. The number of carbonyl (C=O) groups excluding carboxylic acids is 1. The van der Waals surface area contributed by atoms with Gasteiger partial charge in [0.05, 0.1) is 0 Å². The highest BCUT2D eigenvalue weighted by molar-refractivity contribution is 6.30. The van der Waals surface area contributed by atoms with Crippen LogP contribution in [0, 0.1) is 0 Å². The smallest absolute Gasteiger partial charge is 0.326 e. The van der Waals surface area contributed by atoms with Gasteiger partial charge in [-0.1, -0.05) is 24.6 Å². The molecule has 0 spiro atoms. The first-order valence-electron chi connectivity index (χ1n) is 5.08. The highest BCUT2D eigenvalue weighted by Crippen LogP contribution is 2.14. The van der Waals surface area contributed by atoms with Crippen LogP contribution < -0.4 is 10.6 Å². The number of benzene rings is 1. The Labute approximate surface area is 104 Å². The van der Waals surface area contributed by atoms with Gasteiger partial charge in [0.15, 0.2) is 0 Å². The summed E-state index contributed by atoms with van der Waals surface area (Å²) in [7, 11) is 0. The summed E-state index contributed by atoms with van der Waals surface area (Å²) < 4.78 is 0. The molecule has 17 heavy (non-hydrogen) atoms. The maximum absolute atomic E-state index is 11.5. The predicted molar refractivity (Wildman–Crippen MR) is 65.3 cm³/mol. The van der Waals surface area contributed by atoms with Crippen LogP contribution in [0.1, 0.15) is 13.3 Å². The number of aliphatic carboxylic acids is 1. The van der Waals surface area contributed by atoms with Crippen molar-refractivity contribution in [1.82, 2.24) is 5.32 Å². The minimum Gasteiger partial charge on any atom is -0.480 e. The molecule has 2 amide bonds. The van der Waals surface area contributed by atoms with Gasteiger partial charge < -0.3 is 15.7 Å². The summed E-state index contributed by atoms with van der Waals surface area (Å²) in [6.07, 6.45) is 0.318. The average Bonchev–Trinajstić information content (AvgIpc) is 2.25. The van der Waals surface area contributed by atoms with E-state index in [1.54, 1.807) is 31.2 Å². The van der Waals surface area contributed by atoms with Crippen LogP contribution in [0.15, 0.2) is 24.3 Å². The third-order valence-electron chi connectivity index (χ3n) is 2.09. The predicted octanol–water partition coefficient (Wildman–Crippen LogP) is 2.32. The molecule has 1 rings (SSSR count). The van der Waals surface area contributed by atoms with Gasteiger partial charge in [-0.05, 0) is 24.6 Å². The van der Waals surface area contributed by atoms with Crippen molar-refractivity contribution in [3.63, 3.8) is 0 Å². The van der Waals surface area contributed by atoms with Gasteiger partial charge in [-0.15, -0.1) is 0 Å². The summed E-state index contributed by atoms with van der Waals surface area (Å²) in [6.45, 7) is 1.68. The molecular weight excluding hydrogens is 244 g/mol. The second kappa shape index (κ2) is 6.10. The fourth-order valence-corrected chi connectivity index (χ4v) is 1.42. The number of carboxylic acids is 1. The highest BCUT2D eigenvalue weighted by atomic mass is 35.5. The number of rotatable bonds is 4. The standard InChI is InChI=1S/C11H13ClN2O3/c1-2-9(10(15)16)14-11(17)13-8-5-3-4-7(12)6-8/h3-6,9H,2H2,1H3,(H,15,16)(H2,13,14,17)/t9-/m1/s1. The van der Waals surface area contributed by atoms with Gasteiger partial charge in [-0.25, -0.2) is 9.59 Å². The molecule has 1 aromatic carbocycles. The number of nitrogens with one attached hydrogen (secondary N) is 2. The lowest BCUT2D eigenvalue weighted by molar-refractivity contribution is -0.139. The van der Waals surface area contributed by atoms with Crippen LogP contribution in [-0.2, 0) is 4.79 Å². The van der Waals surface area contributed by atoms with Crippen LogP contribution in [0.4, 0.5) is 10.5 Å². The molecule has 0 aromatic heterocycles. The summed E-state index contributed by atoms with van der Waals surface area (Å²) in [5.74, 6) is -1.06. The SMILES string of the molecule is CC[C@@H](NC(=O)Nc1cccc(Cl)c1)C(=O)O. The van der Waals surface area contributed by atoms with Gasteiger partial charge in [0.25, 0.3) is 0 Å². The second-order valence-corrected chi connectivity index (χ2v) is 3.84. The van der Waals surface area contributed by atoms with Gasteiger partial charge in [0.1, 0.15) is 6.04 Å². The van der Waals surface area contributed by atoms with Crippen molar-refractivity contribution >= 4 is 29.3 Å². The third kappa shape index (κ3) is 4.32. The van der Waals surface area contributed by atoms with E-state index in [1.807, 2.05) is 0 Å². The zero-order valence-corrected chi connectivity index (χ0v) is 9.99. The molecule has 1 atom stereocenters. The van der Waals surface area contributed by atoms with Crippen molar-refractivity contribution in [2.45, 2.75) is 19.4 Å². The molecule has 0 radical (unpaired) electrons. The Balaban J connectivity index is 2.58. The molecule has 0 aliphatic rings. The van der Waals surface area contributed by atoms with Crippen LogP contribution >= 0.6 is 11.6 Å². The van der Waals surface area contributed by atoms with Crippen molar-refractivity contribution in [3.05, 3.63) is 29.3 Å². The van der Waals surface area contributed by atoms with Crippen LogP contribution in [0.2, 0.25) is 5.02 Å². The van der Waals surface area contributed by atoms with Crippen molar-refractivity contribution < 1.29 is 14.7 Å². The summed E-state index contributed by atoms with van der Waals surface area (Å²) in [5, 5.41) is 14.1. The van der Waals surface area contributed by atoms with Crippen LogP contribution in [0.5, 0.6) is 0 Å². The Morgan fingerprint density at radius 3 is 2.71 bits per heavy atom.